The number of methoxy groups -OCH3 is 2. The number of hydrogen-bond donors (Lipinski definition) is 2. The van der Waals surface area contributed by atoms with Gasteiger partial charge in [0.25, 0.3) is 23.3 Å². The third-order valence-corrected chi connectivity index (χ3v) is 2.88. The minimum absolute atomic E-state index is 0.259. The summed E-state index contributed by atoms with van der Waals surface area (Å²) in [6.07, 6.45) is 3.04. The van der Waals surface area contributed by atoms with Gasteiger partial charge in [0, 0.05) is 27.3 Å². The van der Waals surface area contributed by atoms with Crippen LogP contribution in [0.5, 0.6) is 0 Å². The van der Waals surface area contributed by atoms with Crippen LogP contribution in [-0.2, 0) is 19.1 Å². The van der Waals surface area contributed by atoms with Crippen LogP contribution in [0.15, 0.2) is 35.5 Å². The van der Waals surface area contributed by atoms with Crippen LogP contribution in [0.2, 0.25) is 0 Å². The molecule has 0 aromatic rings. The molecule has 0 fully saturated rings. The molecular weight excluding hydrogens is 288 g/mol. The minimum Gasteiger partial charge on any atom is -0.348 e. The summed E-state index contributed by atoms with van der Waals surface area (Å²) in [7, 11) is 2.63. The van der Waals surface area contributed by atoms with E-state index in [0.717, 1.165) is 0 Å². The second-order valence-electron chi connectivity index (χ2n) is 4.57. The van der Waals surface area contributed by atoms with Crippen molar-refractivity contribution >= 4 is 11.8 Å². The molecule has 0 spiro atoms. The molecule has 2 amide bonds. The van der Waals surface area contributed by atoms with Crippen molar-refractivity contribution in [3.8, 4) is 0 Å². The van der Waals surface area contributed by atoms with E-state index in [-0.39, 0.29) is 13.1 Å². The van der Waals surface area contributed by atoms with Crippen LogP contribution in [0.3, 0.4) is 0 Å². The molecule has 124 valence electrons. The summed E-state index contributed by atoms with van der Waals surface area (Å²) >= 11 is 0. The molecule has 8 heteroatoms. The first-order valence-corrected chi connectivity index (χ1v) is 6.62. The fraction of sp³-hybridized carbons (Fsp3) is 0.571. The zero-order valence-electron chi connectivity index (χ0n) is 13.5. The second-order valence-corrected chi connectivity index (χ2v) is 4.57. The molecule has 2 unspecified atom stereocenters. The maximum atomic E-state index is 12.0. The minimum atomic E-state index is -1.58. The van der Waals surface area contributed by atoms with Crippen molar-refractivity contribution in [2.75, 3.05) is 27.3 Å². The molecule has 2 N–H and O–H groups in total. The Morgan fingerprint density at radius 1 is 0.955 bits per heavy atom. The summed E-state index contributed by atoms with van der Waals surface area (Å²) in [4.78, 5) is 24.0. The molecule has 8 nitrogen and oxygen atoms in total. The van der Waals surface area contributed by atoms with Crippen LogP contribution >= 0.6 is 0 Å². The highest BCUT2D eigenvalue weighted by molar-refractivity contribution is 5.85. The third kappa shape index (κ3) is 5.38. The number of nitrogens with one attached hydrogen (secondary N) is 2. The molecule has 0 saturated carbocycles. The Morgan fingerprint density at radius 3 is 1.50 bits per heavy atom. The molecule has 0 aliphatic rings. The molecule has 22 heavy (non-hydrogen) atoms. The van der Waals surface area contributed by atoms with Gasteiger partial charge in [0.2, 0.25) is 0 Å². The summed E-state index contributed by atoms with van der Waals surface area (Å²) in [5.74, 6) is -1.02. The summed E-state index contributed by atoms with van der Waals surface area (Å²) in [6.45, 7) is 10.4. The number of rotatable bonds is 10. The predicted molar refractivity (Wildman–Crippen MR) is 82.1 cm³/mol. The van der Waals surface area contributed by atoms with E-state index in [2.05, 4.69) is 34.0 Å². The molecule has 0 aliphatic heterocycles. The van der Waals surface area contributed by atoms with E-state index in [9.17, 15) is 9.59 Å². The maximum Gasteiger partial charge on any atom is 0.277 e. The molecule has 0 saturated heterocycles. The molecule has 0 aliphatic carbocycles. The lowest BCUT2D eigenvalue weighted by molar-refractivity contribution is -0.146. The van der Waals surface area contributed by atoms with Gasteiger partial charge in [-0.2, -0.15) is 0 Å². The lowest BCUT2D eigenvalue weighted by Crippen LogP contribution is -2.47. The third-order valence-electron chi connectivity index (χ3n) is 2.88. The Morgan fingerprint density at radius 2 is 1.27 bits per heavy atom. The molecule has 0 aromatic heterocycles. The van der Waals surface area contributed by atoms with Gasteiger partial charge in [0.1, 0.15) is 0 Å². The van der Waals surface area contributed by atoms with Gasteiger partial charge in [0.05, 0.1) is 0 Å². The molecule has 2 atom stereocenters. The molecule has 0 radical (unpaired) electrons. The predicted octanol–water partition coefficient (Wildman–Crippen LogP) is 0.768. The van der Waals surface area contributed by atoms with E-state index in [0.29, 0.717) is 0 Å². The SMILES string of the molecule is C=CCNC(=O)C(C)(N=NC(C)(OC)C(=O)NCC=C)OC. The van der Waals surface area contributed by atoms with Crippen molar-refractivity contribution in [2.24, 2.45) is 10.2 Å². The number of hydrogen-bond acceptors (Lipinski definition) is 6. The highest BCUT2D eigenvalue weighted by Crippen LogP contribution is 2.18. The quantitative estimate of drug-likeness (QED) is 0.459. The maximum absolute atomic E-state index is 12.0. The van der Waals surface area contributed by atoms with Gasteiger partial charge in [-0.25, -0.2) is 0 Å². The van der Waals surface area contributed by atoms with Crippen molar-refractivity contribution in [2.45, 2.75) is 25.3 Å². The number of azo groups is 1. The van der Waals surface area contributed by atoms with Gasteiger partial charge >= 0.3 is 0 Å². The number of carbonyl (C=O) groups is 2. The van der Waals surface area contributed by atoms with Gasteiger partial charge in [0.15, 0.2) is 0 Å². The van der Waals surface area contributed by atoms with Crippen LogP contribution in [0.1, 0.15) is 13.8 Å². The van der Waals surface area contributed by atoms with Gasteiger partial charge < -0.3 is 20.1 Å². The van der Waals surface area contributed by atoms with Crippen LogP contribution in [0.4, 0.5) is 0 Å². The van der Waals surface area contributed by atoms with Gasteiger partial charge in [-0.15, -0.1) is 23.4 Å². The largest absolute Gasteiger partial charge is 0.348 e. The van der Waals surface area contributed by atoms with E-state index in [1.807, 2.05) is 0 Å². The first-order valence-electron chi connectivity index (χ1n) is 6.62. The second kappa shape index (κ2) is 9.06. The summed E-state index contributed by atoms with van der Waals surface area (Å²) < 4.78 is 10.2. The van der Waals surface area contributed by atoms with E-state index >= 15 is 0 Å². The number of carbonyl (C=O) groups excluding carboxylic acids is 2. The number of amides is 2. The van der Waals surface area contributed by atoms with Gasteiger partial charge in [-0.1, -0.05) is 12.2 Å². The molecule has 0 aromatic carbocycles. The van der Waals surface area contributed by atoms with E-state index in [1.165, 1.54) is 40.2 Å². The highest BCUT2D eigenvalue weighted by Gasteiger charge is 2.38. The fourth-order valence-electron chi connectivity index (χ4n) is 1.21. The summed E-state index contributed by atoms with van der Waals surface area (Å²) in [5, 5.41) is 12.8. The van der Waals surface area contributed by atoms with Crippen molar-refractivity contribution in [1.29, 1.82) is 0 Å². The zero-order chi connectivity index (χ0) is 17.2. The summed E-state index contributed by atoms with van der Waals surface area (Å²) in [5.41, 5.74) is -3.16. The van der Waals surface area contributed by atoms with Crippen LogP contribution < -0.4 is 10.6 Å². The smallest absolute Gasteiger partial charge is 0.277 e. The van der Waals surface area contributed by atoms with E-state index in [4.69, 9.17) is 9.47 Å². The monoisotopic (exact) mass is 312 g/mol. The van der Waals surface area contributed by atoms with Gasteiger partial charge in [-0.05, 0) is 13.8 Å². The lowest BCUT2D eigenvalue weighted by atomic mass is 10.2. The number of ether oxygens (including phenoxy) is 2. The summed E-state index contributed by atoms with van der Waals surface area (Å²) in [6, 6.07) is 0. The van der Waals surface area contributed by atoms with Crippen molar-refractivity contribution in [1.82, 2.24) is 10.6 Å². The molecule has 0 rings (SSSR count). The first-order chi connectivity index (χ1) is 10.3. The van der Waals surface area contributed by atoms with Crippen LogP contribution in [-0.4, -0.2) is 50.6 Å². The van der Waals surface area contributed by atoms with E-state index in [1.54, 1.807) is 0 Å². The average Bonchev–Trinajstić information content (AvgIpc) is 2.54. The van der Waals surface area contributed by atoms with Crippen molar-refractivity contribution in [3.05, 3.63) is 25.3 Å². The zero-order valence-corrected chi connectivity index (χ0v) is 13.5. The molecule has 0 heterocycles. The van der Waals surface area contributed by atoms with Crippen LogP contribution in [0, 0.1) is 0 Å². The Hall–Kier alpha value is -2.06. The Labute approximate surface area is 130 Å². The normalized spacial score (nSPS) is 16.4. The standard InChI is InChI=1S/C14H24N4O4/c1-7-9-15-11(19)13(3,21-5)17-18-14(4,22-6)12(20)16-10-8-2/h7-8H,1-2,9-10H2,3-6H3,(H,15,19)(H,16,20). The molecular formula is C14H24N4O4. The topological polar surface area (TPSA) is 101 Å². The number of nitrogens with zero attached hydrogens (tertiary/aromatic N) is 2. The fourth-order valence-corrected chi connectivity index (χ4v) is 1.21. The Kier molecular flexibility index (Phi) is 8.21. The first kappa shape index (κ1) is 19.9. The highest BCUT2D eigenvalue weighted by atomic mass is 16.5. The van der Waals surface area contributed by atoms with E-state index < -0.39 is 23.3 Å². The lowest BCUT2D eigenvalue weighted by Gasteiger charge is -2.25. The average molecular weight is 312 g/mol. The van der Waals surface area contributed by atoms with Crippen molar-refractivity contribution in [3.63, 3.8) is 0 Å². The van der Waals surface area contributed by atoms with Gasteiger partial charge in [-0.3, -0.25) is 9.59 Å². The Bertz CT molecular complexity index is 412. The van der Waals surface area contributed by atoms with Crippen LogP contribution in [0.25, 0.3) is 0 Å². The molecule has 0 bridgehead atoms. The van der Waals surface area contributed by atoms with Crippen molar-refractivity contribution < 1.29 is 19.1 Å². The Balaban J connectivity index is 5.19.